The fraction of sp³-hybridized carbons (Fsp3) is 0.158. The second kappa shape index (κ2) is 6.44. The number of benzene rings is 2. The first-order chi connectivity index (χ1) is 12.7. The molecule has 4 aromatic rings. The molecule has 0 aliphatic carbocycles. The highest BCUT2D eigenvalue weighted by molar-refractivity contribution is 5.70. The number of rotatable bonds is 4. The number of hydrogen-bond acceptors (Lipinski definition) is 5. The fourth-order valence-electron chi connectivity index (χ4n) is 2.88. The summed E-state index contributed by atoms with van der Waals surface area (Å²) in [6.07, 6.45) is 1.53. The van der Waals surface area contributed by atoms with Crippen LogP contribution >= 0.6 is 0 Å². The average molecular weight is 347 g/mol. The molecule has 26 heavy (non-hydrogen) atoms. The largest absolute Gasteiger partial charge is 0.497 e. The zero-order valence-electron chi connectivity index (χ0n) is 14.5. The first-order valence-electron chi connectivity index (χ1n) is 8.16. The zero-order chi connectivity index (χ0) is 18.1. The predicted molar refractivity (Wildman–Crippen MR) is 97.8 cm³/mol. The molecule has 0 fully saturated rings. The summed E-state index contributed by atoms with van der Waals surface area (Å²) >= 11 is 0. The van der Waals surface area contributed by atoms with Crippen molar-refractivity contribution in [1.82, 2.24) is 24.5 Å². The van der Waals surface area contributed by atoms with Gasteiger partial charge in [-0.3, -0.25) is 9.36 Å². The molecule has 0 saturated carbocycles. The predicted octanol–water partition coefficient (Wildman–Crippen LogP) is 2.34. The Balaban J connectivity index is 1.77. The smallest absolute Gasteiger partial charge is 0.283 e. The van der Waals surface area contributed by atoms with Gasteiger partial charge in [-0.1, -0.05) is 41.1 Å². The van der Waals surface area contributed by atoms with Gasteiger partial charge < -0.3 is 4.74 Å². The molecule has 7 heteroatoms. The van der Waals surface area contributed by atoms with Gasteiger partial charge in [-0.05, 0) is 24.6 Å². The van der Waals surface area contributed by atoms with E-state index in [4.69, 9.17) is 4.74 Å². The molecule has 0 bridgehead atoms. The first kappa shape index (κ1) is 16.0. The Hall–Kier alpha value is -3.48. The topological polar surface area (TPSA) is 74.8 Å². The fourth-order valence-corrected chi connectivity index (χ4v) is 2.88. The maximum atomic E-state index is 12.8. The van der Waals surface area contributed by atoms with E-state index in [1.165, 1.54) is 11.0 Å². The highest BCUT2D eigenvalue weighted by Gasteiger charge is 2.14. The molecule has 0 atom stereocenters. The van der Waals surface area contributed by atoms with Gasteiger partial charge in [0.2, 0.25) is 0 Å². The summed E-state index contributed by atoms with van der Waals surface area (Å²) in [5.41, 5.74) is 3.36. The third kappa shape index (κ3) is 2.83. The second-order valence-corrected chi connectivity index (χ2v) is 6.04. The summed E-state index contributed by atoms with van der Waals surface area (Å²) in [5.74, 6) is 0.693. The quantitative estimate of drug-likeness (QED) is 0.566. The van der Waals surface area contributed by atoms with Crippen LogP contribution in [0, 0.1) is 6.92 Å². The van der Waals surface area contributed by atoms with Crippen LogP contribution in [-0.2, 0) is 6.54 Å². The molecule has 2 aromatic carbocycles. The lowest BCUT2D eigenvalue weighted by Gasteiger charge is -2.07. The third-order valence-electron chi connectivity index (χ3n) is 4.16. The molecule has 0 amide bonds. The van der Waals surface area contributed by atoms with Crippen LogP contribution in [0.1, 0.15) is 11.1 Å². The second-order valence-electron chi connectivity index (χ2n) is 6.04. The van der Waals surface area contributed by atoms with Crippen LogP contribution < -0.4 is 10.3 Å². The number of ether oxygens (including phenoxy) is 1. The maximum absolute atomic E-state index is 12.8. The Labute approximate surface area is 149 Å². The summed E-state index contributed by atoms with van der Waals surface area (Å²) in [4.78, 5) is 17.2. The molecule has 0 N–H and O–H groups in total. The lowest BCUT2D eigenvalue weighted by molar-refractivity contribution is 0.414. The van der Waals surface area contributed by atoms with Crippen molar-refractivity contribution in [1.29, 1.82) is 0 Å². The maximum Gasteiger partial charge on any atom is 0.283 e. The Morgan fingerprint density at radius 2 is 1.96 bits per heavy atom. The molecule has 0 unspecified atom stereocenters. The SMILES string of the molecule is COc1cccc(-n2nnc3c(=O)n(Cc4cccc(C)c4)cnc32)c1. The Kier molecular flexibility index (Phi) is 3.96. The molecule has 2 heterocycles. The minimum atomic E-state index is -0.217. The van der Waals surface area contributed by atoms with E-state index >= 15 is 0 Å². The molecular formula is C19H17N5O2. The van der Waals surface area contributed by atoms with E-state index in [2.05, 4.69) is 15.3 Å². The van der Waals surface area contributed by atoms with Gasteiger partial charge >= 0.3 is 0 Å². The highest BCUT2D eigenvalue weighted by atomic mass is 16.5. The summed E-state index contributed by atoms with van der Waals surface area (Å²) in [6, 6.07) is 15.4. The van der Waals surface area contributed by atoms with Gasteiger partial charge in [0.15, 0.2) is 11.2 Å². The van der Waals surface area contributed by atoms with E-state index in [-0.39, 0.29) is 11.1 Å². The van der Waals surface area contributed by atoms with Crippen LogP contribution in [0.3, 0.4) is 0 Å². The number of hydrogen-bond donors (Lipinski definition) is 0. The van der Waals surface area contributed by atoms with Crippen LogP contribution in [-0.4, -0.2) is 31.7 Å². The van der Waals surface area contributed by atoms with Gasteiger partial charge in [0, 0.05) is 6.07 Å². The van der Waals surface area contributed by atoms with E-state index < -0.39 is 0 Å². The van der Waals surface area contributed by atoms with Gasteiger partial charge in [-0.25, -0.2) is 4.98 Å². The number of nitrogens with zero attached hydrogens (tertiary/aromatic N) is 5. The number of aromatic nitrogens is 5. The number of aryl methyl sites for hydroxylation is 1. The van der Waals surface area contributed by atoms with Gasteiger partial charge in [0.25, 0.3) is 5.56 Å². The van der Waals surface area contributed by atoms with Crippen molar-refractivity contribution in [2.24, 2.45) is 0 Å². The molecule has 0 spiro atoms. The van der Waals surface area contributed by atoms with Crippen molar-refractivity contribution in [2.75, 3.05) is 7.11 Å². The minimum absolute atomic E-state index is 0.217. The van der Waals surface area contributed by atoms with Crippen LogP contribution in [0.25, 0.3) is 16.9 Å². The lowest BCUT2D eigenvalue weighted by atomic mass is 10.1. The summed E-state index contributed by atoms with van der Waals surface area (Å²) < 4.78 is 8.32. The van der Waals surface area contributed by atoms with Crippen molar-refractivity contribution in [2.45, 2.75) is 13.5 Å². The van der Waals surface area contributed by atoms with E-state index in [1.807, 2.05) is 55.5 Å². The third-order valence-corrected chi connectivity index (χ3v) is 4.16. The summed E-state index contributed by atoms with van der Waals surface area (Å²) in [6.45, 7) is 2.46. The summed E-state index contributed by atoms with van der Waals surface area (Å²) in [5, 5.41) is 8.15. The van der Waals surface area contributed by atoms with E-state index in [0.29, 0.717) is 17.9 Å². The molecule has 7 nitrogen and oxygen atoms in total. The molecule has 0 saturated heterocycles. The molecule has 0 aliphatic heterocycles. The molecular weight excluding hydrogens is 330 g/mol. The van der Waals surface area contributed by atoms with Crippen molar-refractivity contribution < 1.29 is 4.74 Å². The van der Waals surface area contributed by atoms with Gasteiger partial charge in [-0.15, -0.1) is 5.10 Å². The minimum Gasteiger partial charge on any atom is -0.497 e. The molecule has 2 aromatic heterocycles. The Bertz CT molecular complexity index is 1150. The normalized spacial score (nSPS) is 11.0. The van der Waals surface area contributed by atoms with E-state index in [1.54, 1.807) is 11.7 Å². The van der Waals surface area contributed by atoms with Crippen molar-refractivity contribution in [3.63, 3.8) is 0 Å². The molecule has 4 rings (SSSR count). The molecule has 0 radical (unpaired) electrons. The monoisotopic (exact) mass is 347 g/mol. The van der Waals surface area contributed by atoms with Crippen molar-refractivity contribution in [3.8, 4) is 11.4 Å². The van der Waals surface area contributed by atoms with E-state index in [9.17, 15) is 4.79 Å². The van der Waals surface area contributed by atoms with Crippen molar-refractivity contribution >= 4 is 11.2 Å². The van der Waals surface area contributed by atoms with Crippen LogP contribution in [0.15, 0.2) is 59.7 Å². The highest BCUT2D eigenvalue weighted by Crippen LogP contribution is 2.18. The number of fused-ring (bicyclic) bond motifs is 1. The standard InChI is InChI=1S/C19H17N5O2/c1-13-5-3-6-14(9-13)11-23-12-20-18-17(19(23)25)21-22-24(18)15-7-4-8-16(10-15)26-2/h3-10,12H,11H2,1-2H3. The number of methoxy groups -OCH3 is 1. The summed E-state index contributed by atoms with van der Waals surface area (Å²) in [7, 11) is 1.60. The first-order valence-corrected chi connectivity index (χ1v) is 8.16. The Morgan fingerprint density at radius 3 is 2.77 bits per heavy atom. The van der Waals surface area contributed by atoms with Gasteiger partial charge in [-0.2, -0.15) is 4.68 Å². The molecule has 130 valence electrons. The van der Waals surface area contributed by atoms with Crippen LogP contribution in [0.2, 0.25) is 0 Å². The van der Waals surface area contributed by atoms with Crippen LogP contribution in [0.5, 0.6) is 5.75 Å². The van der Waals surface area contributed by atoms with Crippen molar-refractivity contribution in [3.05, 3.63) is 76.3 Å². The van der Waals surface area contributed by atoms with E-state index in [0.717, 1.165) is 16.8 Å². The molecule has 0 aliphatic rings. The average Bonchev–Trinajstić information content (AvgIpc) is 3.09. The Morgan fingerprint density at radius 1 is 1.12 bits per heavy atom. The lowest BCUT2D eigenvalue weighted by Crippen LogP contribution is -2.21. The van der Waals surface area contributed by atoms with Gasteiger partial charge in [0.1, 0.15) is 12.1 Å². The van der Waals surface area contributed by atoms with Gasteiger partial charge in [0.05, 0.1) is 19.3 Å². The zero-order valence-corrected chi connectivity index (χ0v) is 14.5. The van der Waals surface area contributed by atoms with Crippen LogP contribution in [0.4, 0.5) is 0 Å².